The third-order valence-corrected chi connectivity index (χ3v) is 13.1. The summed E-state index contributed by atoms with van der Waals surface area (Å²) in [6, 6.07) is 69.4. The molecular weight excluding hydrogens is 795 g/mol. The highest BCUT2D eigenvalue weighted by molar-refractivity contribution is 6.16. The number of ether oxygens (including phenoxy) is 1. The van der Waals surface area contributed by atoms with Gasteiger partial charge in [-0.15, -0.1) is 0 Å². The van der Waals surface area contributed by atoms with Crippen molar-refractivity contribution in [2.45, 2.75) is 26.2 Å². The maximum absolute atomic E-state index is 7.17. The average Bonchev–Trinajstić information content (AvgIpc) is 3.98. The second-order valence-corrected chi connectivity index (χ2v) is 18.2. The van der Waals surface area contributed by atoms with Gasteiger partial charge < -0.3 is 19.1 Å². The summed E-state index contributed by atoms with van der Waals surface area (Å²) >= 11 is 0. The zero-order valence-corrected chi connectivity index (χ0v) is 36.9. The van der Waals surface area contributed by atoms with Crippen LogP contribution < -0.4 is 14.5 Å². The molecule has 4 heterocycles. The van der Waals surface area contributed by atoms with Gasteiger partial charge in [0.25, 0.3) is 0 Å². The lowest BCUT2D eigenvalue weighted by Crippen LogP contribution is -2.24. The lowest BCUT2D eigenvalue weighted by molar-refractivity contribution is 0.479. The van der Waals surface area contributed by atoms with Gasteiger partial charge >= 0.3 is 0 Å². The molecule has 0 radical (unpaired) electrons. The van der Waals surface area contributed by atoms with E-state index in [4.69, 9.17) is 9.72 Å². The normalized spacial score (nSPS) is 12.8. The molecule has 0 bridgehead atoms. The Hall–Kier alpha value is -8.09. The first kappa shape index (κ1) is 38.6. The molecule has 12 rings (SSSR count). The predicted octanol–water partition coefficient (Wildman–Crippen LogP) is 15.2. The third-order valence-electron chi connectivity index (χ3n) is 13.1. The van der Waals surface area contributed by atoms with E-state index in [1.165, 1.54) is 33.5 Å². The molecule has 0 unspecified atom stereocenters. The fourth-order valence-electron chi connectivity index (χ4n) is 9.87. The minimum atomic E-state index is -0.127. The Morgan fingerprint density at radius 3 is 1.86 bits per heavy atom. The fraction of sp³-hybridized carbons (Fsp3) is 0.102. The summed E-state index contributed by atoms with van der Waals surface area (Å²) in [5, 5.41) is 4.59. The minimum absolute atomic E-state index is 0.127. The molecule has 6 heteroatoms. The van der Waals surface area contributed by atoms with Gasteiger partial charge in [0.05, 0.1) is 40.1 Å². The second-order valence-electron chi connectivity index (χ2n) is 18.2. The highest BCUT2D eigenvalue weighted by Crippen LogP contribution is 2.46. The standard InChI is InChI=1S/C59H47N5O/c1-59(2,3)42-31-44(62-38-61(4)55-30-41(28-29-53(55)62)39-18-8-5-9-19-39)33-45(32-42)65-46-34-49(40-20-10-6-11-21-40)58-48-25-15-17-27-52(48)64(56(58)35-46)57-36-54-50(37-60-57)47-24-14-16-26-51(47)63(54)43-22-12-7-13-23-43/h5-37H,38H2,1-4H3. The molecule has 6 nitrogen and oxygen atoms in total. The Morgan fingerprint density at radius 2 is 1.12 bits per heavy atom. The first-order chi connectivity index (χ1) is 31.8. The van der Waals surface area contributed by atoms with Crippen molar-refractivity contribution in [1.82, 2.24) is 14.1 Å². The molecule has 1 aliphatic rings. The van der Waals surface area contributed by atoms with Crippen LogP contribution in [-0.4, -0.2) is 27.8 Å². The predicted molar refractivity (Wildman–Crippen MR) is 271 cm³/mol. The Kier molecular flexibility index (Phi) is 8.92. The number of rotatable bonds is 7. The summed E-state index contributed by atoms with van der Waals surface area (Å²) in [6.07, 6.45) is 2.04. The van der Waals surface area contributed by atoms with E-state index in [0.29, 0.717) is 0 Å². The molecule has 0 fully saturated rings. The van der Waals surface area contributed by atoms with E-state index in [1.54, 1.807) is 0 Å². The highest BCUT2D eigenvalue weighted by atomic mass is 16.5. The number of hydrogen-bond donors (Lipinski definition) is 0. The van der Waals surface area contributed by atoms with Gasteiger partial charge in [-0.25, -0.2) is 4.98 Å². The van der Waals surface area contributed by atoms with Crippen LogP contribution in [0.3, 0.4) is 0 Å². The van der Waals surface area contributed by atoms with Crippen molar-refractivity contribution in [3.63, 3.8) is 0 Å². The monoisotopic (exact) mass is 841 g/mol. The van der Waals surface area contributed by atoms with Crippen molar-refractivity contribution in [1.29, 1.82) is 0 Å². The van der Waals surface area contributed by atoms with Crippen LogP contribution in [0.5, 0.6) is 11.5 Å². The van der Waals surface area contributed by atoms with Gasteiger partial charge in [-0.05, 0) is 87.8 Å². The smallest absolute Gasteiger partial charge is 0.139 e. The Balaban J connectivity index is 1.04. The van der Waals surface area contributed by atoms with Gasteiger partial charge in [-0.2, -0.15) is 0 Å². The summed E-state index contributed by atoms with van der Waals surface area (Å²) < 4.78 is 11.8. The molecule has 8 aromatic carbocycles. The molecule has 314 valence electrons. The van der Waals surface area contributed by atoms with Crippen molar-refractivity contribution >= 4 is 60.7 Å². The second kappa shape index (κ2) is 15.0. The number of benzene rings is 8. The van der Waals surface area contributed by atoms with Crippen LogP contribution in [0, 0.1) is 0 Å². The summed E-state index contributed by atoms with van der Waals surface area (Å²) in [5.41, 5.74) is 14.6. The molecule has 0 amide bonds. The zero-order valence-electron chi connectivity index (χ0n) is 36.9. The Bertz CT molecular complexity index is 3600. The van der Waals surface area contributed by atoms with E-state index >= 15 is 0 Å². The molecule has 0 N–H and O–H groups in total. The van der Waals surface area contributed by atoms with Gasteiger partial charge in [0.1, 0.15) is 17.3 Å². The first-order valence-corrected chi connectivity index (χ1v) is 22.4. The fourth-order valence-corrected chi connectivity index (χ4v) is 9.87. The van der Waals surface area contributed by atoms with E-state index in [0.717, 1.165) is 84.7 Å². The largest absolute Gasteiger partial charge is 0.457 e. The summed E-state index contributed by atoms with van der Waals surface area (Å²) in [5.74, 6) is 2.38. The van der Waals surface area contributed by atoms with E-state index in [2.05, 4.69) is 241 Å². The molecule has 65 heavy (non-hydrogen) atoms. The van der Waals surface area contributed by atoms with Crippen LogP contribution in [0.4, 0.5) is 17.1 Å². The van der Waals surface area contributed by atoms with Crippen LogP contribution >= 0.6 is 0 Å². The van der Waals surface area contributed by atoms with E-state index < -0.39 is 0 Å². The third kappa shape index (κ3) is 6.52. The van der Waals surface area contributed by atoms with Crippen LogP contribution in [-0.2, 0) is 5.41 Å². The van der Waals surface area contributed by atoms with Gasteiger partial charge in [0, 0.05) is 64.4 Å². The maximum atomic E-state index is 7.17. The molecule has 3 aromatic heterocycles. The van der Waals surface area contributed by atoms with Gasteiger partial charge in [-0.3, -0.25) is 4.57 Å². The van der Waals surface area contributed by atoms with Crippen molar-refractivity contribution in [2.75, 3.05) is 23.5 Å². The van der Waals surface area contributed by atoms with Crippen LogP contribution in [0.15, 0.2) is 200 Å². The lowest BCUT2D eigenvalue weighted by atomic mass is 9.86. The molecule has 1 aliphatic heterocycles. The lowest BCUT2D eigenvalue weighted by Gasteiger charge is -2.26. The van der Waals surface area contributed by atoms with Crippen molar-refractivity contribution in [3.05, 3.63) is 206 Å². The summed E-state index contributed by atoms with van der Waals surface area (Å²) in [6.45, 7) is 7.53. The molecule has 0 saturated heterocycles. The molecule has 0 saturated carbocycles. The number of nitrogens with zero attached hydrogens (tertiary/aromatic N) is 5. The zero-order chi connectivity index (χ0) is 43.8. The Labute approximate surface area is 378 Å². The summed E-state index contributed by atoms with van der Waals surface area (Å²) in [7, 11) is 2.17. The van der Waals surface area contributed by atoms with Crippen molar-refractivity contribution in [3.8, 4) is 45.3 Å². The first-order valence-electron chi connectivity index (χ1n) is 22.4. The SMILES string of the molecule is CN1CN(c2cc(Oc3cc(-c4ccccc4)c4c5ccccc5n(-c5cc6c(cn5)c5ccccc5n6-c5ccccc5)c4c3)cc(C(C)(C)C)c2)c2ccc(-c3ccccc3)cc21. The van der Waals surface area contributed by atoms with Crippen LogP contribution in [0.2, 0.25) is 0 Å². The van der Waals surface area contributed by atoms with Crippen molar-refractivity contribution in [2.24, 2.45) is 0 Å². The average molecular weight is 842 g/mol. The summed E-state index contributed by atoms with van der Waals surface area (Å²) in [4.78, 5) is 9.99. The quantitative estimate of drug-likeness (QED) is 0.160. The van der Waals surface area contributed by atoms with E-state index in [1.807, 2.05) is 6.20 Å². The van der Waals surface area contributed by atoms with Crippen LogP contribution in [0.25, 0.3) is 77.4 Å². The van der Waals surface area contributed by atoms with Crippen molar-refractivity contribution < 1.29 is 4.74 Å². The molecule has 0 spiro atoms. The molecule has 11 aromatic rings. The van der Waals surface area contributed by atoms with E-state index in [9.17, 15) is 0 Å². The van der Waals surface area contributed by atoms with Gasteiger partial charge in [0.15, 0.2) is 0 Å². The molecular formula is C59H47N5O. The number of fused-ring (bicyclic) bond motifs is 7. The Morgan fingerprint density at radius 1 is 0.477 bits per heavy atom. The maximum Gasteiger partial charge on any atom is 0.139 e. The van der Waals surface area contributed by atoms with Crippen LogP contribution in [0.1, 0.15) is 26.3 Å². The number of para-hydroxylation sites is 3. The molecule has 0 atom stereocenters. The highest BCUT2D eigenvalue weighted by Gasteiger charge is 2.28. The number of pyridine rings is 1. The number of anilines is 3. The van der Waals surface area contributed by atoms with Gasteiger partial charge in [-0.1, -0.05) is 142 Å². The topological polar surface area (TPSA) is 38.5 Å². The molecule has 0 aliphatic carbocycles. The number of aromatic nitrogens is 3. The van der Waals surface area contributed by atoms with E-state index in [-0.39, 0.29) is 5.41 Å². The van der Waals surface area contributed by atoms with Gasteiger partial charge in [0.2, 0.25) is 0 Å². The number of hydrogen-bond acceptors (Lipinski definition) is 4. The minimum Gasteiger partial charge on any atom is -0.457 e.